The molecule has 1 aromatic carbocycles. The summed E-state index contributed by atoms with van der Waals surface area (Å²) >= 11 is 0. The normalized spacial score (nSPS) is 12.1. The van der Waals surface area contributed by atoms with E-state index >= 15 is 0 Å². The molecule has 0 aliphatic rings. The van der Waals surface area contributed by atoms with Crippen LogP contribution in [0.3, 0.4) is 0 Å². The quantitative estimate of drug-likeness (QED) is 0.767. The molecule has 0 heterocycles. The van der Waals surface area contributed by atoms with E-state index in [0.717, 1.165) is 0 Å². The molecule has 1 rings (SSSR count). The summed E-state index contributed by atoms with van der Waals surface area (Å²) in [5.41, 5.74) is 6.03. The average Bonchev–Trinajstić information content (AvgIpc) is 2.22. The first-order valence-electron chi connectivity index (χ1n) is 5.18. The van der Waals surface area contributed by atoms with Crippen LogP contribution in [0.15, 0.2) is 18.2 Å². The van der Waals surface area contributed by atoms with E-state index in [1.54, 1.807) is 13.0 Å². The van der Waals surface area contributed by atoms with Crippen molar-refractivity contribution in [3.63, 3.8) is 0 Å². The van der Waals surface area contributed by atoms with Crippen LogP contribution in [0, 0.1) is 5.82 Å². The number of nitrogens with one attached hydrogen (secondary N) is 1. The first-order valence-corrected chi connectivity index (χ1v) is 6.67. The number of hydrogen-bond donors (Lipinski definition) is 2. The molecule has 1 amide bonds. The molecule has 0 saturated heterocycles. The second-order valence-corrected chi connectivity index (χ2v) is 4.99. The Morgan fingerprint density at radius 2 is 2.24 bits per heavy atom. The molecule has 0 fully saturated rings. The van der Waals surface area contributed by atoms with Crippen molar-refractivity contribution in [2.45, 2.75) is 12.7 Å². The van der Waals surface area contributed by atoms with Gasteiger partial charge in [-0.05, 0) is 19.1 Å². The number of halogens is 1. The summed E-state index contributed by atoms with van der Waals surface area (Å²) in [6.07, 6.45) is 0. The summed E-state index contributed by atoms with van der Waals surface area (Å²) in [7, 11) is -1.41. The van der Waals surface area contributed by atoms with Gasteiger partial charge in [-0.1, -0.05) is 6.07 Å². The molecule has 1 unspecified atom stereocenters. The van der Waals surface area contributed by atoms with Crippen molar-refractivity contribution in [3.05, 3.63) is 29.6 Å². The fourth-order valence-corrected chi connectivity index (χ4v) is 2.38. The number of hydrogen-bond acceptors (Lipinski definition) is 3. The van der Waals surface area contributed by atoms with Gasteiger partial charge in [-0.15, -0.1) is 0 Å². The van der Waals surface area contributed by atoms with E-state index in [1.165, 1.54) is 12.1 Å². The van der Waals surface area contributed by atoms with Gasteiger partial charge in [-0.2, -0.15) is 0 Å². The number of nitrogens with two attached hydrogens (primary N) is 1. The van der Waals surface area contributed by atoms with Crippen LogP contribution < -0.4 is 11.1 Å². The van der Waals surface area contributed by atoms with Gasteiger partial charge in [0.2, 0.25) is 5.91 Å². The Morgan fingerprint density at radius 1 is 1.53 bits per heavy atom. The fourth-order valence-electron chi connectivity index (χ4n) is 1.30. The zero-order chi connectivity index (χ0) is 12.8. The summed E-state index contributed by atoms with van der Waals surface area (Å²) < 4.78 is 25.0. The van der Waals surface area contributed by atoms with Gasteiger partial charge in [0.1, 0.15) is 11.6 Å². The van der Waals surface area contributed by atoms with Crippen molar-refractivity contribution >= 4 is 22.4 Å². The molecular formula is C11H15FN2O2S. The molecule has 0 aliphatic heterocycles. The predicted octanol–water partition coefficient (Wildman–Crippen LogP) is 0.793. The highest BCUT2D eigenvalue weighted by Crippen LogP contribution is 2.13. The highest BCUT2D eigenvalue weighted by atomic mass is 32.2. The minimum atomic E-state index is -1.41. The molecule has 17 heavy (non-hydrogen) atoms. The van der Waals surface area contributed by atoms with Crippen molar-refractivity contribution in [1.29, 1.82) is 0 Å². The maximum atomic E-state index is 13.4. The van der Waals surface area contributed by atoms with Crippen molar-refractivity contribution < 1.29 is 13.4 Å². The van der Waals surface area contributed by atoms with Gasteiger partial charge in [0.05, 0.1) is 5.75 Å². The van der Waals surface area contributed by atoms with Crippen molar-refractivity contribution in [2.75, 3.05) is 18.0 Å². The molecule has 0 radical (unpaired) electrons. The Hall–Kier alpha value is -1.43. The average molecular weight is 258 g/mol. The molecule has 4 nitrogen and oxygen atoms in total. The van der Waals surface area contributed by atoms with Crippen LogP contribution in [0.25, 0.3) is 0 Å². The molecule has 0 bridgehead atoms. The SMILES string of the molecule is CCNC(=O)CS(=O)Cc1ccc(N)cc1F. The Bertz CT molecular complexity index is 437. The summed E-state index contributed by atoms with van der Waals surface area (Å²) in [5, 5.41) is 2.54. The van der Waals surface area contributed by atoms with E-state index in [1.807, 2.05) is 0 Å². The lowest BCUT2D eigenvalue weighted by Gasteiger charge is -2.05. The molecule has 6 heteroatoms. The van der Waals surface area contributed by atoms with E-state index in [2.05, 4.69) is 5.32 Å². The first kappa shape index (κ1) is 13.6. The van der Waals surface area contributed by atoms with Crippen LogP contribution in [0.4, 0.5) is 10.1 Å². The summed E-state index contributed by atoms with van der Waals surface area (Å²) in [4.78, 5) is 11.2. The summed E-state index contributed by atoms with van der Waals surface area (Å²) in [6.45, 7) is 2.27. The first-order chi connectivity index (χ1) is 8.02. The van der Waals surface area contributed by atoms with E-state index in [4.69, 9.17) is 5.73 Å². The molecule has 3 N–H and O–H groups in total. The van der Waals surface area contributed by atoms with E-state index in [9.17, 15) is 13.4 Å². The monoisotopic (exact) mass is 258 g/mol. The van der Waals surface area contributed by atoms with Crippen LogP contribution in [0.1, 0.15) is 12.5 Å². The summed E-state index contributed by atoms with van der Waals surface area (Å²) in [5.74, 6) is -0.878. The minimum Gasteiger partial charge on any atom is -0.399 e. The van der Waals surface area contributed by atoms with Crippen LogP contribution >= 0.6 is 0 Å². The Balaban J connectivity index is 2.59. The van der Waals surface area contributed by atoms with Crippen LogP contribution in [-0.4, -0.2) is 22.4 Å². The smallest absolute Gasteiger partial charge is 0.232 e. The second-order valence-electron chi connectivity index (χ2n) is 3.53. The van der Waals surface area contributed by atoms with Gasteiger partial charge >= 0.3 is 0 Å². The maximum Gasteiger partial charge on any atom is 0.232 e. The van der Waals surface area contributed by atoms with Gasteiger partial charge in [-0.3, -0.25) is 9.00 Å². The van der Waals surface area contributed by atoms with Gasteiger partial charge < -0.3 is 11.1 Å². The largest absolute Gasteiger partial charge is 0.399 e. The van der Waals surface area contributed by atoms with Crippen molar-refractivity contribution in [2.24, 2.45) is 0 Å². The maximum absolute atomic E-state index is 13.4. The summed E-state index contributed by atoms with van der Waals surface area (Å²) in [6, 6.07) is 4.21. The lowest BCUT2D eigenvalue weighted by molar-refractivity contribution is -0.118. The number of carbonyl (C=O) groups is 1. The molecule has 0 spiro atoms. The highest BCUT2D eigenvalue weighted by molar-refractivity contribution is 7.84. The number of benzene rings is 1. The van der Waals surface area contributed by atoms with Crippen LogP contribution in [0.2, 0.25) is 0 Å². The van der Waals surface area contributed by atoms with Crippen molar-refractivity contribution in [1.82, 2.24) is 5.32 Å². The van der Waals surface area contributed by atoms with Crippen LogP contribution in [0.5, 0.6) is 0 Å². The Kier molecular flexibility index (Phi) is 5.09. The molecule has 0 saturated carbocycles. The predicted molar refractivity (Wildman–Crippen MR) is 66.2 cm³/mol. The number of nitrogen functional groups attached to an aromatic ring is 1. The highest BCUT2D eigenvalue weighted by Gasteiger charge is 2.10. The lowest BCUT2D eigenvalue weighted by Crippen LogP contribution is -2.28. The fraction of sp³-hybridized carbons (Fsp3) is 0.364. The van der Waals surface area contributed by atoms with Gasteiger partial charge in [0.25, 0.3) is 0 Å². The van der Waals surface area contributed by atoms with Gasteiger partial charge in [-0.25, -0.2) is 4.39 Å². The van der Waals surface area contributed by atoms with Crippen molar-refractivity contribution in [3.8, 4) is 0 Å². The van der Waals surface area contributed by atoms with Gasteiger partial charge in [0, 0.05) is 28.6 Å². The van der Waals surface area contributed by atoms with Gasteiger partial charge in [0.15, 0.2) is 0 Å². The molecule has 1 atom stereocenters. The minimum absolute atomic E-state index is 0.0171. The van der Waals surface area contributed by atoms with Crippen LogP contribution in [-0.2, 0) is 21.3 Å². The molecule has 0 aromatic heterocycles. The topological polar surface area (TPSA) is 72.2 Å². The molecule has 94 valence electrons. The number of rotatable bonds is 5. The number of anilines is 1. The van der Waals surface area contributed by atoms with E-state index in [0.29, 0.717) is 17.8 Å². The lowest BCUT2D eigenvalue weighted by atomic mass is 10.2. The molecular weight excluding hydrogens is 243 g/mol. The molecule has 0 aliphatic carbocycles. The van der Waals surface area contributed by atoms with E-state index < -0.39 is 16.6 Å². The second kappa shape index (κ2) is 6.34. The third-order valence-electron chi connectivity index (χ3n) is 2.06. The zero-order valence-electron chi connectivity index (χ0n) is 9.53. The Labute approximate surface area is 102 Å². The Morgan fingerprint density at radius 3 is 2.82 bits per heavy atom. The third-order valence-corrected chi connectivity index (χ3v) is 3.28. The third kappa shape index (κ3) is 4.52. The zero-order valence-corrected chi connectivity index (χ0v) is 10.3. The molecule has 1 aromatic rings. The van der Waals surface area contributed by atoms with E-state index in [-0.39, 0.29) is 17.4 Å². The standard InChI is InChI=1S/C11H15FN2O2S/c1-2-14-11(15)7-17(16)6-8-3-4-9(13)5-10(8)12/h3-5H,2,6-7,13H2,1H3,(H,14,15). The number of amides is 1. The number of carbonyl (C=O) groups excluding carboxylic acids is 1.